The number of nitrogen functional groups attached to an aromatic ring is 1. The van der Waals surface area contributed by atoms with Crippen molar-refractivity contribution in [1.29, 1.82) is 0 Å². The molecule has 0 saturated carbocycles. The lowest BCUT2D eigenvalue weighted by Gasteiger charge is -2.39. The average molecular weight is 702 g/mol. The fourth-order valence-corrected chi connectivity index (χ4v) is 7.21. The minimum atomic E-state index is -4.87. The van der Waals surface area contributed by atoms with Crippen LogP contribution in [0.3, 0.4) is 0 Å². The first-order valence-corrected chi connectivity index (χ1v) is 16.8. The third-order valence-electron chi connectivity index (χ3n) is 9.69. The van der Waals surface area contributed by atoms with Gasteiger partial charge in [-0.1, -0.05) is 29.8 Å². The number of halogens is 4. The van der Waals surface area contributed by atoms with E-state index in [0.29, 0.717) is 62.4 Å². The van der Waals surface area contributed by atoms with Crippen molar-refractivity contribution in [1.82, 2.24) is 25.5 Å². The maximum atomic E-state index is 14.8. The summed E-state index contributed by atoms with van der Waals surface area (Å²) in [6, 6.07) is 11.1. The largest absolute Gasteiger partial charge is 0.480 e. The van der Waals surface area contributed by atoms with E-state index in [1.54, 1.807) is 18.2 Å². The van der Waals surface area contributed by atoms with E-state index in [0.717, 1.165) is 32.5 Å². The number of ether oxygens (including phenoxy) is 1. The number of carboxylic acid groups (broad SMARTS) is 1. The molecule has 0 bridgehead atoms. The minimum absolute atomic E-state index is 0.148. The van der Waals surface area contributed by atoms with Crippen LogP contribution in [0.15, 0.2) is 48.5 Å². The van der Waals surface area contributed by atoms with E-state index in [9.17, 15) is 27.9 Å². The predicted octanol–water partition coefficient (Wildman–Crippen LogP) is 4.92. The summed E-state index contributed by atoms with van der Waals surface area (Å²) in [4.78, 5) is 36.9. The van der Waals surface area contributed by atoms with Gasteiger partial charge in [0.05, 0.1) is 0 Å². The van der Waals surface area contributed by atoms with Crippen molar-refractivity contribution in [3.05, 3.63) is 64.7 Å². The summed E-state index contributed by atoms with van der Waals surface area (Å²) in [5.74, 6) is -1.49. The number of anilines is 2. The molecule has 49 heavy (non-hydrogen) atoms. The number of nitrogens with zero attached hydrogens (tertiary/aromatic N) is 4. The summed E-state index contributed by atoms with van der Waals surface area (Å²) in [5, 5.41) is 15.6. The fourth-order valence-electron chi connectivity index (χ4n) is 7.03. The van der Waals surface area contributed by atoms with Crippen molar-refractivity contribution in [3.63, 3.8) is 0 Å². The Morgan fingerprint density at radius 2 is 1.86 bits per heavy atom. The molecule has 262 valence electrons. The van der Waals surface area contributed by atoms with Crippen molar-refractivity contribution in [3.8, 4) is 17.0 Å². The molecule has 1 spiro atoms. The van der Waals surface area contributed by atoms with Crippen LogP contribution in [0.2, 0.25) is 5.02 Å². The molecule has 3 saturated heterocycles. The van der Waals surface area contributed by atoms with Gasteiger partial charge in [0.15, 0.2) is 0 Å². The van der Waals surface area contributed by atoms with Crippen molar-refractivity contribution in [2.45, 2.75) is 50.4 Å². The van der Waals surface area contributed by atoms with Crippen molar-refractivity contribution < 1.29 is 32.6 Å². The lowest BCUT2D eigenvalue weighted by Crippen LogP contribution is -2.41. The molecule has 3 fully saturated rings. The van der Waals surface area contributed by atoms with Crippen LogP contribution in [0, 0.1) is 5.41 Å². The Labute approximate surface area is 287 Å². The van der Waals surface area contributed by atoms with Crippen molar-refractivity contribution >= 4 is 35.2 Å². The van der Waals surface area contributed by atoms with Gasteiger partial charge in [0.25, 0.3) is 5.91 Å². The number of amides is 1. The van der Waals surface area contributed by atoms with E-state index >= 15 is 0 Å². The Bertz CT molecular complexity index is 1680. The summed E-state index contributed by atoms with van der Waals surface area (Å²) in [6.45, 7) is 4.80. The molecule has 3 aromatic rings. The van der Waals surface area contributed by atoms with Gasteiger partial charge >= 0.3 is 12.1 Å². The molecule has 6 rings (SSSR count). The molecule has 1 amide bonds. The third-order valence-corrected chi connectivity index (χ3v) is 9.93. The number of nitrogens with two attached hydrogens (primary N) is 1. The Hall–Kier alpha value is -4.14. The smallest absolute Gasteiger partial charge is 0.429 e. The molecular formula is C34H39ClF3N7O4. The monoisotopic (exact) mass is 701 g/mol. The molecule has 5 N–H and O–H groups in total. The summed E-state index contributed by atoms with van der Waals surface area (Å²) in [6.07, 6.45) is -3.18. The second-order valence-corrected chi connectivity index (χ2v) is 13.5. The summed E-state index contributed by atoms with van der Waals surface area (Å²) in [7, 11) is 0. The Kier molecular flexibility index (Phi) is 10.2. The first-order chi connectivity index (χ1) is 23.4. The number of likely N-dealkylation sites (tertiary alicyclic amines) is 1. The number of carbonyl (C=O) groups is 2. The van der Waals surface area contributed by atoms with Crippen LogP contribution in [0.4, 0.5) is 24.9 Å². The topological polar surface area (TPSA) is 146 Å². The molecule has 11 nitrogen and oxygen atoms in total. The Morgan fingerprint density at radius 1 is 1.10 bits per heavy atom. The van der Waals surface area contributed by atoms with Crippen molar-refractivity contribution in [2.24, 2.45) is 5.41 Å². The standard InChI is InChI=1S/C34H39ClF3N7O4/c35-23-6-7-24(25(17-23)21-4-3-5-22(16-21)30(46)40-10-15-44-11-1-2-12-44)29(34(36,37)38)49-28-18-27(42-32(39)43-28)45-13-8-33(9-14-45)19-26(31(47)48)41-20-33/h3-7,16-18,26,29,41H,1-2,8-15,19-20H2,(H,40,46)(H,47,48)(H2,39,42,43)/t26?,29-/m1/s1. The molecule has 3 aliphatic rings. The highest BCUT2D eigenvalue weighted by atomic mass is 35.5. The number of piperidine rings is 1. The maximum absolute atomic E-state index is 14.8. The minimum Gasteiger partial charge on any atom is -0.480 e. The van der Waals surface area contributed by atoms with E-state index in [4.69, 9.17) is 22.1 Å². The summed E-state index contributed by atoms with van der Waals surface area (Å²) < 4.78 is 50.1. The number of carboxylic acids is 1. The highest BCUT2D eigenvalue weighted by Crippen LogP contribution is 2.43. The van der Waals surface area contributed by atoms with Gasteiger partial charge in [-0.2, -0.15) is 23.1 Å². The second kappa shape index (κ2) is 14.4. The third kappa shape index (κ3) is 8.19. The zero-order valence-corrected chi connectivity index (χ0v) is 27.6. The molecule has 1 unspecified atom stereocenters. The van der Waals surface area contributed by atoms with E-state index < -0.39 is 24.3 Å². The highest BCUT2D eigenvalue weighted by Gasteiger charge is 2.46. The molecule has 3 aliphatic heterocycles. The number of nitrogens with one attached hydrogen (secondary N) is 2. The van der Waals surface area contributed by atoms with Gasteiger partial charge in [-0.05, 0) is 86.0 Å². The zero-order chi connectivity index (χ0) is 34.8. The number of benzene rings is 2. The Balaban J connectivity index is 1.22. The van der Waals surface area contributed by atoms with Gasteiger partial charge in [0, 0.05) is 54.9 Å². The number of rotatable bonds is 10. The normalized spacial score (nSPS) is 20.0. The van der Waals surface area contributed by atoms with Crippen LogP contribution in [0.25, 0.3) is 11.1 Å². The van der Waals surface area contributed by atoms with Gasteiger partial charge in [-0.25, -0.2) is 0 Å². The van der Waals surface area contributed by atoms with Crippen LogP contribution in [0.1, 0.15) is 54.1 Å². The molecule has 2 atom stereocenters. The molecule has 0 radical (unpaired) electrons. The molecule has 2 aromatic carbocycles. The number of carbonyl (C=O) groups excluding carboxylic acids is 1. The van der Waals surface area contributed by atoms with Crippen LogP contribution in [0.5, 0.6) is 5.88 Å². The predicted molar refractivity (Wildman–Crippen MR) is 179 cm³/mol. The second-order valence-electron chi connectivity index (χ2n) is 13.0. The van der Waals surface area contributed by atoms with E-state index in [1.165, 1.54) is 30.3 Å². The highest BCUT2D eigenvalue weighted by molar-refractivity contribution is 6.30. The number of aliphatic carboxylic acids is 1. The molecule has 0 aliphatic carbocycles. The maximum Gasteiger partial charge on any atom is 0.429 e. The van der Waals surface area contributed by atoms with Crippen LogP contribution in [-0.4, -0.2) is 89.9 Å². The first-order valence-electron chi connectivity index (χ1n) is 16.4. The molecule has 15 heteroatoms. The lowest BCUT2D eigenvalue weighted by molar-refractivity contribution is -0.198. The summed E-state index contributed by atoms with van der Waals surface area (Å²) in [5.41, 5.74) is 6.39. The van der Waals surface area contributed by atoms with Gasteiger partial charge in [0.1, 0.15) is 11.9 Å². The number of alkyl halides is 3. The van der Waals surface area contributed by atoms with Crippen molar-refractivity contribution in [2.75, 3.05) is 56.4 Å². The van der Waals surface area contributed by atoms with Gasteiger partial charge in [-0.3, -0.25) is 9.59 Å². The molecule has 4 heterocycles. The zero-order valence-electron chi connectivity index (χ0n) is 26.8. The molecule has 1 aromatic heterocycles. The van der Waals surface area contributed by atoms with Gasteiger partial charge < -0.3 is 36.0 Å². The van der Waals surface area contributed by atoms with Crippen LogP contribution >= 0.6 is 11.6 Å². The number of hydrogen-bond donors (Lipinski definition) is 4. The summed E-state index contributed by atoms with van der Waals surface area (Å²) >= 11 is 6.29. The molecular weight excluding hydrogens is 663 g/mol. The average Bonchev–Trinajstić information content (AvgIpc) is 3.74. The SMILES string of the molecule is Nc1nc(O[C@H](c2ccc(Cl)cc2-c2cccc(C(=O)NCCN3CCCC3)c2)C(F)(F)F)cc(N2CCC3(CC2)CNC(C(=O)O)C3)n1. The van der Waals surface area contributed by atoms with Gasteiger partial charge in [0.2, 0.25) is 17.9 Å². The quantitative estimate of drug-likeness (QED) is 0.230. The van der Waals surface area contributed by atoms with Gasteiger partial charge in [-0.15, -0.1) is 0 Å². The van der Waals surface area contributed by atoms with E-state index in [2.05, 4.69) is 25.5 Å². The van der Waals surface area contributed by atoms with Crippen LogP contribution < -0.4 is 26.0 Å². The number of aromatic nitrogens is 2. The van der Waals surface area contributed by atoms with E-state index in [1.807, 2.05) is 4.90 Å². The van der Waals surface area contributed by atoms with Crippen LogP contribution in [-0.2, 0) is 4.79 Å². The fraction of sp³-hybridized carbons (Fsp3) is 0.471. The first kappa shape index (κ1) is 34.7. The van der Waals surface area contributed by atoms with E-state index in [-0.39, 0.29) is 39.3 Å². The Morgan fingerprint density at radius 3 is 2.55 bits per heavy atom. The lowest BCUT2D eigenvalue weighted by atomic mass is 9.76. The number of hydrogen-bond acceptors (Lipinski definition) is 9.